The number of halogens is 2. The maximum Gasteiger partial charge on any atom is 0.337 e. The summed E-state index contributed by atoms with van der Waals surface area (Å²) < 4.78 is 13.3. The van der Waals surface area contributed by atoms with Crippen LogP contribution in [0.4, 0.5) is 4.39 Å². The Morgan fingerprint density at radius 1 is 1.54 bits per heavy atom. The SMILES string of the molecule is O=C(O)[C@H](O)c1cccc(Br)c1F. The van der Waals surface area contributed by atoms with Gasteiger partial charge in [0.2, 0.25) is 0 Å². The first-order chi connectivity index (χ1) is 6.04. The summed E-state index contributed by atoms with van der Waals surface area (Å²) in [6.07, 6.45) is -1.82. The Hall–Kier alpha value is -0.940. The summed E-state index contributed by atoms with van der Waals surface area (Å²) in [7, 11) is 0. The van der Waals surface area contributed by atoms with E-state index in [9.17, 15) is 9.18 Å². The topological polar surface area (TPSA) is 57.5 Å². The quantitative estimate of drug-likeness (QED) is 0.838. The fourth-order valence-corrected chi connectivity index (χ4v) is 1.25. The van der Waals surface area contributed by atoms with Gasteiger partial charge in [-0.15, -0.1) is 0 Å². The molecular weight excluding hydrogens is 243 g/mol. The van der Waals surface area contributed by atoms with E-state index in [0.29, 0.717) is 0 Å². The summed E-state index contributed by atoms with van der Waals surface area (Å²) in [5.74, 6) is -2.23. The summed E-state index contributed by atoms with van der Waals surface area (Å²) in [6, 6.07) is 4.10. The van der Waals surface area contributed by atoms with Crippen LogP contribution >= 0.6 is 15.9 Å². The Bertz CT molecular complexity index is 340. The first-order valence-corrected chi connectivity index (χ1v) is 4.18. The fourth-order valence-electron chi connectivity index (χ4n) is 0.865. The van der Waals surface area contributed by atoms with Crippen molar-refractivity contribution in [3.8, 4) is 0 Å². The van der Waals surface area contributed by atoms with Gasteiger partial charge in [-0.2, -0.15) is 0 Å². The van der Waals surface area contributed by atoms with Gasteiger partial charge in [-0.25, -0.2) is 9.18 Å². The van der Waals surface area contributed by atoms with Crippen molar-refractivity contribution >= 4 is 21.9 Å². The summed E-state index contributed by atoms with van der Waals surface area (Å²) in [4.78, 5) is 10.3. The molecule has 70 valence electrons. The molecule has 1 aromatic rings. The van der Waals surface area contributed by atoms with E-state index in [1.165, 1.54) is 18.2 Å². The monoisotopic (exact) mass is 248 g/mol. The molecule has 0 aliphatic rings. The third kappa shape index (κ3) is 2.05. The highest BCUT2D eigenvalue weighted by Crippen LogP contribution is 2.23. The second kappa shape index (κ2) is 3.85. The number of aliphatic hydroxyl groups excluding tert-OH is 1. The Kier molecular flexibility index (Phi) is 3.00. The number of benzene rings is 1. The summed E-state index contributed by atoms with van der Waals surface area (Å²) in [5, 5.41) is 17.5. The molecule has 3 nitrogen and oxygen atoms in total. The van der Waals surface area contributed by atoms with Crippen molar-refractivity contribution in [2.75, 3.05) is 0 Å². The van der Waals surface area contributed by atoms with Crippen LogP contribution in [-0.4, -0.2) is 16.2 Å². The maximum atomic E-state index is 13.1. The van der Waals surface area contributed by atoms with Crippen LogP contribution in [0.3, 0.4) is 0 Å². The van der Waals surface area contributed by atoms with Crippen molar-refractivity contribution in [1.82, 2.24) is 0 Å². The Morgan fingerprint density at radius 3 is 2.69 bits per heavy atom. The molecule has 1 atom stereocenters. The number of rotatable bonds is 2. The van der Waals surface area contributed by atoms with Crippen LogP contribution in [0.15, 0.2) is 22.7 Å². The van der Waals surface area contributed by atoms with E-state index in [4.69, 9.17) is 10.2 Å². The van der Waals surface area contributed by atoms with Crippen LogP contribution in [0.1, 0.15) is 11.7 Å². The Labute approximate surface area is 81.9 Å². The minimum absolute atomic E-state index is 0.130. The molecule has 2 N–H and O–H groups in total. The average Bonchev–Trinajstić information content (AvgIpc) is 2.08. The first kappa shape index (κ1) is 10.1. The molecule has 0 amide bonds. The maximum absolute atomic E-state index is 13.1. The summed E-state index contributed by atoms with van der Waals surface area (Å²) in [6.45, 7) is 0. The summed E-state index contributed by atoms with van der Waals surface area (Å²) >= 11 is 2.88. The largest absolute Gasteiger partial charge is 0.479 e. The third-order valence-corrected chi connectivity index (χ3v) is 2.12. The van der Waals surface area contributed by atoms with Crippen molar-refractivity contribution in [1.29, 1.82) is 0 Å². The predicted octanol–water partition coefficient (Wildman–Crippen LogP) is 1.71. The Balaban J connectivity index is 3.15. The van der Waals surface area contributed by atoms with Crippen molar-refractivity contribution in [2.24, 2.45) is 0 Å². The van der Waals surface area contributed by atoms with Crippen LogP contribution < -0.4 is 0 Å². The van der Waals surface area contributed by atoms with Gasteiger partial charge in [-0.3, -0.25) is 0 Å². The predicted molar refractivity (Wildman–Crippen MR) is 46.7 cm³/mol. The van der Waals surface area contributed by atoms with Crippen LogP contribution in [0.5, 0.6) is 0 Å². The molecule has 0 aliphatic carbocycles. The highest BCUT2D eigenvalue weighted by molar-refractivity contribution is 9.10. The van der Waals surface area contributed by atoms with Gasteiger partial charge in [-0.05, 0) is 22.0 Å². The number of carbonyl (C=O) groups is 1. The summed E-state index contributed by atoms with van der Waals surface area (Å²) in [5.41, 5.74) is -0.248. The second-order valence-corrected chi connectivity index (χ2v) is 3.24. The minimum atomic E-state index is -1.82. The molecule has 0 radical (unpaired) electrons. The van der Waals surface area contributed by atoms with Gasteiger partial charge in [0.25, 0.3) is 0 Å². The average molecular weight is 249 g/mol. The van der Waals surface area contributed by atoms with Crippen molar-refractivity contribution in [3.63, 3.8) is 0 Å². The molecular formula is C8H6BrFO3. The lowest BCUT2D eigenvalue weighted by molar-refractivity contribution is -0.147. The number of carboxylic acid groups (broad SMARTS) is 1. The molecule has 0 aliphatic heterocycles. The van der Waals surface area contributed by atoms with E-state index in [2.05, 4.69) is 15.9 Å². The molecule has 0 saturated carbocycles. The standard InChI is InChI=1S/C8H6BrFO3/c9-5-3-1-2-4(6(5)10)7(11)8(12)13/h1-3,7,11H,(H,12,13)/t7-/m1/s1. The van der Waals surface area contributed by atoms with E-state index in [-0.39, 0.29) is 10.0 Å². The molecule has 0 bridgehead atoms. The number of aliphatic hydroxyl groups is 1. The number of hydrogen-bond acceptors (Lipinski definition) is 2. The van der Waals surface area contributed by atoms with Crippen LogP contribution in [0, 0.1) is 5.82 Å². The van der Waals surface area contributed by atoms with Gasteiger partial charge >= 0.3 is 5.97 Å². The van der Waals surface area contributed by atoms with Gasteiger partial charge in [0.15, 0.2) is 6.10 Å². The van der Waals surface area contributed by atoms with Crippen molar-refractivity contribution in [2.45, 2.75) is 6.10 Å². The fraction of sp³-hybridized carbons (Fsp3) is 0.125. The van der Waals surface area contributed by atoms with E-state index in [0.717, 1.165) is 0 Å². The molecule has 1 rings (SSSR count). The highest BCUT2D eigenvalue weighted by atomic mass is 79.9. The molecule has 0 unspecified atom stereocenters. The van der Waals surface area contributed by atoms with Crippen molar-refractivity contribution < 1.29 is 19.4 Å². The Morgan fingerprint density at radius 2 is 2.15 bits per heavy atom. The lowest BCUT2D eigenvalue weighted by Crippen LogP contribution is -2.12. The highest BCUT2D eigenvalue weighted by Gasteiger charge is 2.20. The smallest absolute Gasteiger partial charge is 0.337 e. The van der Waals surface area contributed by atoms with Gasteiger partial charge in [0.05, 0.1) is 4.47 Å². The zero-order valence-corrected chi connectivity index (χ0v) is 7.95. The molecule has 5 heteroatoms. The minimum Gasteiger partial charge on any atom is -0.479 e. The molecule has 0 fully saturated rings. The lowest BCUT2D eigenvalue weighted by Gasteiger charge is -2.07. The van der Waals surface area contributed by atoms with Gasteiger partial charge in [0, 0.05) is 5.56 Å². The number of carboxylic acids is 1. The number of hydrogen-bond donors (Lipinski definition) is 2. The van der Waals surface area contributed by atoms with Gasteiger partial charge < -0.3 is 10.2 Å². The lowest BCUT2D eigenvalue weighted by atomic mass is 10.1. The van der Waals surface area contributed by atoms with Crippen LogP contribution in [0.25, 0.3) is 0 Å². The molecule has 0 aromatic heterocycles. The van der Waals surface area contributed by atoms with Crippen LogP contribution in [0.2, 0.25) is 0 Å². The molecule has 0 saturated heterocycles. The second-order valence-electron chi connectivity index (χ2n) is 2.38. The zero-order chi connectivity index (χ0) is 10.0. The number of aliphatic carboxylic acids is 1. The first-order valence-electron chi connectivity index (χ1n) is 3.39. The molecule has 0 heterocycles. The third-order valence-electron chi connectivity index (χ3n) is 1.51. The van der Waals surface area contributed by atoms with E-state index >= 15 is 0 Å². The van der Waals surface area contributed by atoms with Gasteiger partial charge in [-0.1, -0.05) is 12.1 Å². The van der Waals surface area contributed by atoms with E-state index < -0.39 is 17.9 Å². The molecule has 0 spiro atoms. The molecule has 1 aromatic carbocycles. The van der Waals surface area contributed by atoms with E-state index in [1.807, 2.05) is 0 Å². The van der Waals surface area contributed by atoms with Gasteiger partial charge in [0.1, 0.15) is 5.82 Å². The van der Waals surface area contributed by atoms with Crippen LogP contribution in [-0.2, 0) is 4.79 Å². The van der Waals surface area contributed by atoms with E-state index in [1.54, 1.807) is 0 Å². The van der Waals surface area contributed by atoms with Crippen molar-refractivity contribution in [3.05, 3.63) is 34.1 Å². The molecule has 13 heavy (non-hydrogen) atoms. The zero-order valence-electron chi connectivity index (χ0n) is 6.37. The normalized spacial score (nSPS) is 12.5.